The number of hydrogen-bond donors (Lipinski definition) is 1. The molecular formula is C21H24N2O3. The van der Waals surface area contributed by atoms with E-state index in [9.17, 15) is 9.59 Å². The van der Waals surface area contributed by atoms with Crippen LogP contribution in [0.5, 0.6) is 0 Å². The van der Waals surface area contributed by atoms with E-state index in [2.05, 4.69) is 5.32 Å². The maximum atomic E-state index is 12.3. The summed E-state index contributed by atoms with van der Waals surface area (Å²) in [7, 11) is 0. The summed E-state index contributed by atoms with van der Waals surface area (Å²) in [4.78, 5) is 26.2. The molecule has 1 amide bonds. The Morgan fingerprint density at radius 1 is 1.12 bits per heavy atom. The van der Waals surface area contributed by atoms with Crippen LogP contribution in [0.15, 0.2) is 48.5 Å². The van der Waals surface area contributed by atoms with Crippen LogP contribution in [0.3, 0.4) is 0 Å². The van der Waals surface area contributed by atoms with E-state index in [-0.39, 0.29) is 18.4 Å². The highest BCUT2D eigenvalue weighted by Gasteiger charge is 2.28. The predicted octanol–water partition coefficient (Wildman–Crippen LogP) is 4.28. The second-order valence-electron chi connectivity index (χ2n) is 7.37. The summed E-state index contributed by atoms with van der Waals surface area (Å²) in [5, 5.41) is 3.17. The van der Waals surface area contributed by atoms with Crippen molar-refractivity contribution in [3.63, 3.8) is 0 Å². The summed E-state index contributed by atoms with van der Waals surface area (Å²) in [6.45, 7) is 6.42. The largest absolute Gasteiger partial charge is 0.443 e. The first kappa shape index (κ1) is 18.0. The minimum absolute atomic E-state index is 0.0430. The molecule has 0 aliphatic carbocycles. The van der Waals surface area contributed by atoms with Gasteiger partial charge in [0.1, 0.15) is 5.60 Å². The van der Waals surface area contributed by atoms with Crippen molar-refractivity contribution in [3.8, 4) is 0 Å². The Labute approximate surface area is 154 Å². The van der Waals surface area contributed by atoms with E-state index in [4.69, 9.17) is 4.74 Å². The quantitative estimate of drug-likeness (QED) is 0.835. The standard InChI is InChI=1S/C21H24N2O3/c1-21(2,3)26-20(25)23-12-11-16-13-17(9-10-18(16)23)22-14-19(24)15-7-5-4-6-8-15/h4-10,13,22H,11-12,14H2,1-3H3. The number of hydrogen-bond acceptors (Lipinski definition) is 4. The fourth-order valence-electron chi connectivity index (χ4n) is 2.93. The molecule has 0 aromatic heterocycles. The van der Waals surface area contributed by atoms with E-state index < -0.39 is 5.60 Å². The molecule has 0 saturated heterocycles. The SMILES string of the molecule is CC(C)(C)OC(=O)N1CCc2cc(NCC(=O)c3ccccc3)ccc21. The topological polar surface area (TPSA) is 58.6 Å². The molecule has 0 atom stereocenters. The van der Waals surface area contributed by atoms with Gasteiger partial charge >= 0.3 is 6.09 Å². The number of benzene rings is 2. The molecule has 136 valence electrons. The third kappa shape index (κ3) is 4.23. The van der Waals surface area contributed by atoms with Crippen LogP contribution in [0.4, 0.5) is 16.2 Å². The van der Waals surface area contributed by atoms with Gasteiger partial charge in [0.05, 0.1) is 12.2 Å². The maximum Gasteiger partial charge on any atom is 0.414 e. The highest BCUT2D eigenvalue weighted by Crippen LogP contribution is 2.31. The minimum atomic E-state index is -0.515. The molecule has 0 fully saturated rings. The molecule has 1 aliphatic rings. The lowest BCUT2D eigenvalue weighted by molar-refractivity contribution is 0.0584. The Morgan fingerprint density at radius 2 is 1.85 bits per heavy atom. The van der Waals surface area contributed by atoms with Gasteiger partial charge in [-0.2, -0.15) is 0 Å². The zero-order valence-corrected chi connectivity index (χ0v) is 15.4. The van der Waals surface area contributed by atoms with Crippen molar-refractivity contribution in [1.29, 1.82) is 0 Å². The van der Waals surface area contributed by atoms with Crippen LogP contribution < -0.4 is 10.2 Å². The number of anilines is 2. The normalized spacial score (nSPS) is 13.3. The van der Waals surface area contributed by atoms with Gasteiger partial charge in [-0.05, 0) is 51.0 Å². The summed E-state index contributed by atoms with van der Waals surface area (Å²) < 4.78 is 5.46. The number of nitrogens with one attached hydrogen (secondary N) is 1. The van der Waals surface area contributed by atoms with Gasteiger partial charge in [0.15, 0.2) is 5.78 Å². The minimum Gasteiger partial charge on any atom is -0.443 e. The van der Waals surface area contributed by atoms with Crippen molar-refractivity contribution in [2.24, 2.45) is 0 Å². The first-order valence-corrected chi connectivity index (χ1v) is 8.79. The number of ketones is 1. The molecule has 0 spiro atoms. The van der Waals surface area contributed by atoms with Gasteiger partial charge in [-0.15, -0.1) is 0 Å². The van der Waals surface area contributed by atoms with Crippen LogP contribution in [0.2, 0.25) is 0 Å². The van der Waals surface area contributed by atoms with Crippen LogP contribution in [-0.4, -0.2) is 30.6 Å². The first-order chi connectivity index (χ1) is 12.3. The number of carbonyl (C=O) groups is 2. The third-order valence-corrected chi connectivity index (χ3v) is 4.14. The average molecular weight is 352 g/mol. The Bertz CT molecular complexity index is 810. The molecule has 26 heavy (non-hydrogen) atoms. The fraction of sp³-hybridized carbons (Fsp3) is 0.333. The van der Waals surface area contributed by atoms with Gasteiger partial charge in [0, 0.05) is 17.8 Å². The Morgan fingerprint density at radius 3 is 2.54 bits per heavy atom. The molecule has 0 unspecified atom stereocenters. The van der Waals surface area contributed by atoms with Crippen LogP contribution >= 0.6 is 0 Å². The van der Waals surface area contributed by atoms with Gasteiger partial charge in [-0.1, -0.05) is 30.3 Å². The van der Waals surface area contributed by atoms with Crippen LogP contribution in [0.1, 0.15) is 36.7 Å². The van der Waals surface area contributed by atoms with Crippen molar-refractivity contribution in [3.05, 3.63) is 59.7 Å². The number of nitrogens with zero attached hydrogens (tertiary/aromatic N) is 1. The smallest absolute Gasteiger partial charge is 0.414 e. The van der Waals surface area contributed by atoms with Crippen molar-refractivity contribution in [2.75, 3.05) is 23.3 Å². The van der Waals surface area contributed by atoms with E-state index in [0.717, 1.165) is 23.4 Å². The Balaban J connectivity index is 1.65. The third-order valence-electron chi connectivity index (χ3n) is 4.14. The second-order valence-corrected chi connectivity index (χ2v) is 7.37. The molecule has 1 N–H and O–H groups in total. The number of ether oxygens (including phenoxy) is 1. The fourth-order valence-corrected chi connectivity index (χ4v) is 2.93. The van der Waals surface area contributed by atoms with E-state index in [0.29, 0.717) is 12.1 Å². The summed E-state index contributed by atoms with van der Waals surface area (Å²) in [6.07, 6.45) is 0.452. The highest BCUT2D eigenvalue weighted by molar-refractivity contribution is 5.99. The maximum absolute atomic E-state index is 12.3. The van der Waals surface area contributed by atoms with Crippen molar-refractivity contribution in [1.82, 2.24) is 0 Å². The van der Waals surface area contributed by atoms with Crippen LogP contribution in [0.25, 0.3) is 0 Å². The van der Waals surface area contributed by atoms with E-state index >= 15 is 0 Å². The van der Waals surface area contributed by atoms with Crippen LogP contribution in [-0.2, 0) is 11.2 Å². The number of rotatable bonds is 4. The van der Waals surface area contributed by atoms with E-state index in [1.807, 2.05) is 69.3 Å². The zero-order valence-electron chi connectivity index (χ0n) is 15.4. The van der Waals surface area contributed by atoms with E-state index in [1.165, 1.54) is 0 Å². The number of Topliss-reactive ketones (excluding diaryl/α,β-unsaturated/α-hetero) is 1. The molecule has 5 nitrogen and oxygen atoms in total. The Kier molecular flexibility index (Phi) is 4.98. The van der Waals surface area contributed by atoms with Crippen molar-refractivity contribution >= 4 is 23.3 Å². The molecule has 0 radical (unpaired) electrons. The predicted molar refractivity (Wildman–Crippen MR) is 103 cm³/mol. The molecule has 0 saturated carbocycles. The van der Waals surface area contributed by atoms with Crippen molar-refractivity contribution < 1.29 is 14.3 Å². The Hall–Kier alpha value is -2.82. The molecule has 2 aromatic rings. The monoisotopic (exact) mass is 352 g/mol. The van der Waals surface area contributed by atoms with Crippen molar-refractivity contribution in [2.45, 2.75) is 32.8 Å². The van der Waals surface area contributed by atoms with Gasteiger partial charge < -0.3 is 10.1 Å². The molecule has 0 bridgehead atoms. The summed E-state index contributed by atoms with van der Waals surface area (Å²) in [6, 6.07) is 15.0. The zero-order chi connectivity index (χ0) is 18.7. The average Bonchev–Trinajstić information content (AvgIpc) is 3.02. The van der Waals surface area contributed by atoms with Gasteiger partial charge in [-0.3, -0.25) is 9.69 Å². The first-order valence-electron chi connectivity index (χ1n) is 8.79. The lowest BCUT2D eigenvalue weighted by Gasteiger charge is -2.24. The molecule has 1 aliphatic heterocycles. The summed E-state index contributed by atoms with van der Waals surface area (Å²) in [5.74, 6) is 0.0430. The van der Waals surface area contributed by atoms with Gasteiger partial charge in [0.2, 0.25) is 0 Å². The highest BCUT2D eigenvalue weighted by atomic mass is 16.6. The molecule has 3 rings (SSSR count). The van der Waals surface area contributed by atoms with Gasteiger partial charge in [-0.25, -0.2) is 4.79 Å². The molecule has 1 heterocycles. The lowest BCUT2D eigenvalue weighted by Crippen LogP contribution is -2.35. The molecular weight excluding hydrogens is 328 g/mol. The number of carbonyl (C=O) groups excluding carboxylic acids is 2. The molecule has 2 aromatic carbocycles. The number of fused-ring (bicyclic) bond motifs is 1. The van der Waals surface area contributed by atoms with E-state index in [1.54, 1.807) is 4.90 Å². The lowest BCUT2D eigenvalue weighted by atomic mass is 10.1. The van der Waals surface area contributed by atoms with Crippen LogP contribution in [0, 0.1) is 0 Å². The molecule has 5 heteroatoms. The summed E-state index contributed by atoms with van der Waals surface area (Å²) in [5.41, 5.74) is 3.00. The summed E-state index contributed by atoms with van der Waals surface area (Å²) >= 11 is 0. The van der Waals surface area contributed by atoms with Gasteiger partial charge in [0.25, 0.3) is 0 Å². The second kappa shape index (κ2) is 7.20. The number of amides is 1.